The SMILES string of the molecule is CCCCCCCC(O)[C@@H]1C(O)CC(O)[C@@H]1CC=CCCCCC(=O)O. The number of aliphatic hydroxyl groups excluding tert-OH is 3. The monoisotopic (exact) mass is 370 g/mol. The maximum atomic E-state index is 10.5. The van der Waals surface area contributed by atoms with Crippen LogP contribution in [0, 0.1) is 11.8 Å². The lowest BCUT2D eigenvalue weighted by atomic mass is 9.84. The summed E-state index contributed by atoms with van der Waals surface area (Å²) in [7, 11) is 0. The van der Waals surface area contributed by atoms with Crippen LogP contribution in [0.2, 0.25) is 0 Å². The molecule has 0 radical (unpaired) electrons. The summed E-state index contributed by atoms with van der Waals surface area (Å²) in [6, 6.07) is 0. The lowest BCUT2D eigenvalue weighted by Crippen LogP contribution is -2.33. The number of carbonyl (C=O) groups is 1. The Balaban J connectivity index is 2.37. The summed E-state index contributed by atoms with van der Waals surface area (Å²) in [5, 5.41) is 39.7. The van der Waals surface area contributed by atoms with Crippen molar-refractivity contribution in [3.63, 3.8) is 0 Å². The number of aliphatic hydroxyl groups is 3. The number of unbranched alkanes of at least 4 members (excludes halogenated alkanes) is 6. The highest BCUT2D eigenvalue weighted by atomic mass is 16.4. The summed E-state index contributed by atoms with van der Waals surface area (Å²) >= 11 is 0. The van der Waals surface area contributed by atoms with Crippen molar-refractivity contribution in [2.75, 3.05) is 0 Å². The van der Waals surface area contributed by atoms with E-state index in [0.717, 1.165) is 25.7 Å². The van der Waals surface area contributed by atoms with Gasteiger partial charge in [-0.3, -0.25) is 4.79 Å². The molecule has 0 saturated heterocycles. The molecule has 1 aliphatic rings. The number of hydrogen-bond acceptors (Lipinski definition) is 4. The van der Waals surface area contributed by atoms with Crippen LogP contribution in [-0.2, 0) is 4.79 Å². The van der Waals surface area contributed by atoms with E-state index < -0.39 is 24.3 Å². The Kier molecular flexibility index (Phi) is 11.8. The van der Waals surface area contributed by atoms with Gasteiger partial charge >= 0.3 is 5.97 Å². The summed E-state index contributed by atoms with van der Waals surface area (Å²) in [6.45, 7) is 2.18. The predicted octanol–water partition coefficient (Wildman–Crippen LogP) is 3.66. The van der Waals surface area contributed by atoms with E-state index in [1.807, 2.05) is 12.2 Å². The zero-order valence-corrected chi connectivity index (χ0v) is 16.2. The molecule has 1 fully saturated rings. The second-order valence-corrected chi connectivity index (χ2v) is 7.73. The second kappa shape index (κ2) is 13.3. The summed E-state index contributed by atoms with van der Waals surface area (Å²) in [5.41, 5.74) is 0. The van der Waals surface area contributed by atoms with Crippen LogP contribution < -0.4 is 0 Å². The standard InChI is InChI=1S/C21H38O5/c1-2-3-4-6-10-13-17(22)21-16(18(23)15-19(21)24)12-9-7-5-8-11-14-20(25)26/h7,9,16-19,21-24H,2-6,8,10-15H2,1H3,(H,25,26)/t16-,17?,18?,19?,21+/m0/s1. The fraction of sp³-hybridized carbons (Fsp3) is 0.857. The first-order valence-electron chi connectivity index (χ1n) is 10.4. The van der Waals surface area contributed by atoms with Gasteiger partial charge in [0.15, 0.2) is 0 Å². The van der Waals surface area contributed by atoms with E-state index in [4.69, 9.17) is 5.11 Å². The highest BCUT2D eigenvalue weighted by Gasteiger charge is 2.44. The number of allylic oxidation sites excluding steroid dienone is 2. The van der Waals surface area contributed by atoms with Gasteiger partial charge in [0.2, 0.25) is 0 Å². The number of carboxylic acid groups (broad SMARTS) is 1. The lowest BCUT2D eigenvalue weighted by Gasteiger charge is -2.27. The molecule has 0 aromatic heterocycles. The van der Waals surface area contributed by atoms with E-state index in [0.29, 0.717) is 25.7 Å². The van der Waals surface area contributed by atoms with Crippen LogP contribution in [-0.4, -0.2) is 44.7 Å². The zero-order valence-electron chi connectivity index (χ0n) is 16.2. The second-order valence-electron chi connectivity index (χ2n) is 7.73. The molecule has 0 spiro atoms. The van der Waals surface area contributed by atoms with Gasteiger partial charge in [-0.1, -0.05) is 51.2 Å². The normalized spacial score (nSPS) is 27.2. The Morgan fingerprint density at radius 3 is 2.46 bits per heavy atom. The van der Waals surface area contributed by atoms with E-state index in [1.54, 1.807) is 0 Å². The lowest BCUT2D eigenvalue weighted by molar-refractivity contribution is -0.137. The van der Waals surface area contributed by atoms with Crippen molar-refractivity contribution < 1.29 is 25.2 Å². The number of hydrogen-bond donors (Lipinski definition) is 4. The van der Waals surface area contributed by atoms with Gasteiger partial charge in [-0.15, -0.1) is 0 Å². The van der Waals surface area contributed by atoms with E-state index in [9.17, 15) is 20.1 Å². The molecule has 152 valence electrons. The Bertz CT molecular complexity index is 409. The summed E-state index contributed by atoms with van der Waals surface area (Å²) in [6.07, 6.45) is 12.2. The number of carboxylic acids is 1. The molecule has 0 heterocycles. The molecule has 0 aromatic rings. The Labute approximate surface area is 158 Å². The van der Waals surface area contributed by atoms with Crippen molar-refractivity contribution in [1.82, 2.24) is 0 Å². The third kappa shape index (κ3) is 8.65. The molecular formula is C21H38O5. The maximum absolute atomic E-state index is 10.5. The average Bonchev–Trinajstić information content (AvgIpc) is 2.87. The minimum absolute atomic E-state index is 0.106. The van der Waals surface area contributed by atoms with Gasteiger partial charge in [0.25, 0.3) is 0 Å². The van der Waals surface area contributed by atoms with Crippen LogP contribution in [0.25, 0.3) is 0 Å². The zero-order chi connectivity index (χ0) is 19.4. The third-order valence-electron chi connectivity index (χ3n) is 5.55. The molecule has 1 aliphatic carbocycles. The predicted molar refractivity (Wildman–Crippen MR) is 103 cm³/mol. The molecule has 4 N–H and O–H groups in total. The van der Waals surface area contributed by atoms with Crippen molar-refractivity contribution in [1.29, 1.82) is 0 Å². The van der Waals surface area contributed by atoms with Gasteiger partial charge in [0.1, 0.15) is 0 Å². The summed E-state index contributed by atoms with van der Waals surface area (Å²) < 4.78 is 0. The largest absolute Gasteiger partial charge is 0.481 e. The summed E-state index contributed by atoms with van der Waals surface area (Å²) in [5.74, 6) is -1.12. The topological polar surface area (TPSA) is 98.0 Å². The molecule has 5 heteroatoms. The van der Waals surface area contributed by atoms with E-state index in [-0.39, 0.29) is 18.3 Å². The molecule has 26 heavy (non-hydrogen) atoms. The van der Waals surface area contributed by atoms with Gasteiger partial charge in [-0.2, -0.15) is 0 Å². The molecule has 0 amide bonds. The molecular weight excluding hydrogens is 332 g/mol. The van der Waals surface area contributed by atoms with Gasteiger partial charge in [0.05, 0.1) is 18.3 Å². The van der Waals surface area contributed by atoms with Gasteiger partial charge in [-0.25, -0.2) is 0 Å². The molecule has 0 bridgehead atoms. The van der Waals surface area contributed by atoms with Crippen molar-refractivity contribution in [2.24, 2.45) is 11.8 Å². The van der Waals surface area contributed by atoms with Crippen LogP contribution in [0.5, 0.6) is 0 Å². The first-order chi connectivity index (χ1) is 12.5. The Hall–Kier alpha value is -0.910. The smallest absolute Gasteiger partial charge is 0.303 e. The minimum atomic E-state index is -0.761. The van der Waals surface area contributed by atoms with Crippen LogP contribution >= 0.6 is 0 Å². The Morgan fingerprint density at radius 1 is 1.04 bits per heavy atom. The first-order valence-corrected chi connectivity index (χ1v) is 10.4. The van der Waals surface area contributed by atoms with Crippen molar-refractivity contribution in [2.45, 2.75) is 102 Å². The fourth-order valence-corrected chi connectivity index (χ4v) is 4.04. The fourth-order valence-electron chi connectivity index (χ4n) is 4.04. The molecule has 5 nitrogen and oxygen atoms in total. The minimum Gasteiger partial charge on any atom is -0.481 e. The number of aliphatic carboxylic acids is 1. The van der Waals surface area contributed by atoms with Crippen LogP contribution in [0.15, 0.2) is 12.2 Å². The molecule has 3 unspecified atom stereocenters. The van der Waals surface area contributed by atoms with Crippen molar-refractivity contribution in [3.8, 4) is 0 Å². The molecule has 5 atom stereocenters. The van der Waals surface area contributed by atoms with Crippen LogP contribution in [0.3, 0.4) is 0 Å². The van der Waals surface area contributed by atoms with Crippen molar-refractivity contribution in [3.05, 3.63) is 12.2 Å². The van der Waals surface area contributed by atoms with Crippen LogP contribution in [0.4, 0.5) is 0 Å². The molecule has 0 aromatic carbocycles. The molecule has 0 aliphatic heterocycles. The third-order valence-corrected chi connectivity index (χ3v) is 5.55. The quantitative estimate of drug-likeness (QED) is 0.276. The number of rotatable bonds is 14. The van der Waals surface area contributed by atoms with E-state index >= 15 is 0 Å². The molecule has 1 saturated carbocycles. The highest BCUT2D eigenvalue weighted by molar-refractivity contribution is 5.66. The van der Waals surface area contributed by atoms with Crippen LogP contribution in [0.1, 0.15) is 84.0 Å². The van der Waals surface area contributed by atoms with Crippen molar-refractivity contribution >= 4 is 5.97 Å². The van der Waals surface area contributed by atoms with E-state index in [2.05, 4.69) is 6.92 Å². The maximum Gasteiger partial charge on any atom is 0.303 e. The van der Waals surface area contributed by atoms with Gasteiger partial charge < -0.3 is 20.4 Å². The Morgan fingerprint density at radius 2 is 1.77 bits per heavy atom. The summed E-state index contributed by atoms with van der Waals surface area (Å²) in [4.78, 5) is 10.5. The highest BCUT2D eigenvalue weighted by Crippen LogP contribution is 2.38. The van der Waals surface area contributed by atoms with Gasteiger partial charge in [0, 0.05) is 12.3 Å². The molecule has 1 rings (SSSR count). The van der Waals surface area contributed by atoms with E-state index in [1.165, 1.54) is 19.3 Å². The van der Waals surface area contributed by atoms with Gasteiger partial charge in [-0.05, 0) is 44.4 Å². The first kappa shape index (κ1) is 23.1. The average molecular weight is 371 g/mol.